The van der Waals surface area contributed by atoms with Gasteiger partial charge in [-0.1, -0.05) is 29.5 Å². The van der Waals surface area contributed by atoms with E-state index < -0.39 is 0 Å². The van der Waals surface area contributed by atoms with E-state index in [0.29, 0.717) is 12.5 Å². The number of nitrogens with zero attached hydrogens (tertiary/aromatic N) is 5. The first-order valence-corrected chi connectivity index (χ1v) is 9.20. The van der Waals surface area contributed by atoms with Crippen LogP contribution in [0.5, 0.6) is 0 Å². The first kappa shape index (κ1) is 18.4. The fourth-order valence-electron chi connectivity index (χ4n) is 2.67. The molecule has 0 saturated heterocycles. The summed E-state index contributed by atoms with van der Waals surface area (Å²) in [5, 5.41) is 9.68. The minimum atomic E-state index is -0.161. The maximum Gasteiger partial charge on any atom is 0.236 e. The molecule has 2 rings (SSSR count). The molecule has 128 valence electrons. The minimum Gasteiger partial charge on any atom is -0.354 e. The number of aromatic nitrogens is 3. The van der Waals surface area contributed by atoms with Crippen molar-refractivity contribution in [3.05, 3.63) is 18.6 Å². The third-order valence-electron chi connectivity index (χ3n) is 4.18. The topological polar surface area (TPSA) is 88.9 Å². The van der Waals surface area contributed by atoms with Crippen LogP contribution < -0.4 is 4.90 Å². The molecule has 24 heavy (non-hydrogen) atoms. The number of aromatic amines is 1. The molecule has 2 aromatic rings. The molecular weight excluding hydrogens is 419 g/mol. The van der Waals surface area contributed by atoms with Crippen LogP contribution in [-0.4, -0.2) is 56.9 Å². The Bertz CT molecular complexity index is 739. The van der Waals surface area contributed by atoms with Crippen LogP contribution in [0, 0.1) is 17.2 Å². The molecular formula is C16H21IN6O. The Kier molecular flexibility index (Phi) is 6.36. The number of carbonyl (C=O) groups is 1. The number of likely N-dealkylation sites (N-methyl/N-ethyl adjacent to an activating group) is 2. The third-order valence-corrected chi connectivity index (χ3v) is 5.57. The third kappa shape index (κ3) is 3.95. The lowest BCUT2D eigenvalue weighted by molar-refractivity contribution is -0.129. The van der Waals surface area contributed by atoms with Gasteiger partial charge in [-0.2, -0.15) is 5.26 Å². The number of nitrogens with one attached hydrogen (secondary N) is 1. The molecule has 0 fully saturated rings. The largest absolute Gasteiger partial charge is 0.354 e. The van der Waals surface area contributed by atoms with Crippen LogP contribution in [0.3, 0.4) is 0 Å². The van der Waals surface area contributed by atoms with E-state index in [0.717, 1.165) is 21.3 Å². The summed E-state index contributed by atoms with van der Waals surface area (Å²) in [6.07, 6.45) is 3.29. The van der Waals surface area contributed by atoms with Gasteiger partial charge in [-0.25, -0.2) is 9.97 Å². The molecule has 0 aliphatic carbocycles. The van der Waals surface area contributed by atoms with E-state index >= 15 is 0 Å². The van der Waals surface area contributed by atoms with Crippen molar-refractivity contribution >= 4 is 45.3 Å². The summed E-state index contributed by atoms with van der Waals surface area (Å²) in [6.45, 7) is 2.70. The second-order valence-corrected chi connectivity index (χ2v) is 6.74. The van der Waals surface area contributed by atoms with Crippen molar-refractivity contribution in [2.75, 3.05) is 30.0 Å². The highest BCUT2D eigenvalue weighted by atomic mass is 127. The maximum absolute atomic E-state index is 12.0. The highest BCUT2D eigenvalue weighted by Gasteiger charge is 2.26. The van der Waals surface area contributed by atoms with E-state index in [4.69, 9.17) is 5.26 Å². The summed E-state index contributed by atoms with van der Waals surface area (Å²) in [5.74, 6) is 1.02. The molecule has 8 heteroatoms. The molecule has 2 heterocycles. The molecule has 0 spiro atoms. The number of anilines is 1. The average molecular weight is 440 g/mol. The number of carbonyl (C=O) groups excluding carboxylic acids is 1. The zero-order valence-corrected chi connectivity index (χ0v) is 16.2. The number of fused-ring (bicyclic) bond motifs is 1. The maximum atomic E-state index is 12.0. The zero-order valence-electron chi connectivity index (χ0n) is 14.0. The first-order valence-electron chi connectivity index (χ1n) is 7.67. The molecule has 0 unspecified atom stereocenters. The number of halogens is 1. The van der Waals surface area contributed by atoms with Crippen molar-refractivity contribution < 1.29 is 4.79 Å². The van der Waals surface area contributed by atoms with Crippen LogP contribution in [0.2, 0.25) is 0 Å². The molecule has 1 amide bonds. The SMILES string of the molecule is C[C@H](CI)[C@H](CN(C)C(=O)CC#N)N(C)c1ncnc2[nH]ccc12. The van der Waals surface area contributed by atoms with E-state index in [9.17, 15) is 4.79 Å². The number of alkyl halides is 1. The van der Waals surface area contributed by atoms with Gasteiger partial charge in [-0.15, -0.1) is 0 Å². The van der Waals surface area contributed by atoms with Gasteiger partial charge < -0.3 is 14.8 Å². The van der Waals surface area contributed by atoms with Crippen molar-refractivity contribution in [1.29, 1.82) is 5.26 Å². The molecule has 1 N–H and O–H groups in total. The normalized spacial score (nSPS) is 13.3. The van der Waals surface area contributed by atoms with Gasteiger partial charge >= 0.3 is 0 Å². The zero-order chi connectivity index (χ0) is 17.7. The van der Waals surface area contributed by atoms with Crippen molar-refractivity contribution in [2.45, 2.75) is 19.4 Å². The molecule has 0 aliphatic rings. The molecule has 7 nitrogen and oxygen atoms in total. The summed E-state index contributed by atoms with van der Waals surface area (Å²) in [4.78, 5) is 27.5. The molecule has 0 saturated carbocycles. The van der Waals surface area contributed by atoms with Crippen LogP contribution in [0.4, 0.5) is 5.82 Å². The average Bonchev–Trinajstić information content (AvgIpc) is 3.07. The van der Waals surface area contributed by atoms with Gasteiger partial charge in [0.25, 0.3) is 0 Å². The van der Waals surface area contributed by atoms with Crippen molar-refractivity contribution in [3.63, 3.8) is 0 Å². The lowest BCUT2D eigenvalue weighted by Crippen LogP contribution is -2.47. The molecule has 2 aromatic heterocycles. The molecule has 2 atom stereocenters. The highest BCUT2D eigenvalue weighted by molar-refractivity contribution is 14.1. The van der Waals surface area contributed by atoms with Gasteiger partial charge in [0.2, 0.25) is 5.91 Å². The number of hydrogen-bond acceptors (Lipinski definition) is 5. The number of hydrogen-bond donors (Lipinski definition) is 1. The van der Waals surface area contributed by atoms with E-state index in [-0.39, 0.29) is 18.4 Å². The van der Waals surface area contributed by atoms with Gasteiger partial charge in [0.15, 0.2) is 0 Å². The summed E-state index contributed by atoms with van der Waals surface area (Å²) in [7, 11) is 3.73. The fourth-order valence-corrected chi connectivity index (χ4v) is 3.26. The van der Waals surface area contributed by atoms with Crippen LogP contribution >= 0.6 is 22.6 Å². The number of rotatable bonds is 7. The standard InChI is InChI=1S/C16H21IN6O/c1-11(8-17)13(9-22(2)14(24)4-6-18)23(3)16-12-5-7-19-15(12)20-10-21-16/h5,7,10-11,13H,4,8-9H2,1-3H3,(H,19,20,21)/t11-,13+/m1/s1. The number of amides is 1. The summed E-state index contributed by atoms with van der Waals surface area (Å²) in [6, 6.07) is 3.96. The smallest absolute Gasteiger partial charge is 0.236 e. The lowest BCUT2D eigenvalue weighted by atomic mass is 10.0. The van der Waals surface area contributed by atoms with Crippen LogP contribution in [0.1, 0.15) is 13.3 Å². The van der Waals surface area contributed by atoms with Crippen LogP contribution in [-0.2, 0) is 4.79 Å². The van der Waals surface area contributed by atoms with E-state index in [1.165, 1.54) is 0 Å². The second-order valence-electron chi connectivity index (χ2n) is 5.86. The number of nitriles is 1. The minimum absolute atomic E-state index is 0.0857. The van der Waals surface area contributed by atoms with Gasteiger partial charge in [0, 0.05) is 31.3 Å². The van der Waals surface area contributed by atoms with Gasteiger partial charge in [-0.05, 0) is 12.0 Å². The lowest BCUT2D eigenvalue weighted by Gasteiger charge is -2.36. The molecule has 0 aromatic carbocycles. The van der Waals surface area contributed by atoms with Gasteiger partial charge in [-0.3, -0.25) is 4.79 Å². The Balaban J connectivity index is 2.29. The second kappa shape index (κ2) is 8.28. The van der Waals surface area contributed by atoms with E-state index in [1.54, 1.807) is 18.3 Å². The van der Waals surface area contributed by atoms with Crippen molar-refractivity contribution in [1.82, 2.24) is 19.9 Å². The van der Waals surface area contributed by atoms with Crippen LogP contribution in [0.15, 0.2) is 18.6 Å². The predicted molar refractivity (Wildman–Crippen MR) is 102 cm³/mol. The summed E-state index contributed by atoms with van der Waals surface area (Å²) in [5.41, 5.74) is 0.793. The predicted octanol–water partition coefficient (Wildman–Crippen LogP) is 2.21. The quantitative estimate of drug-likeness (QED) is 0.527. The monoisotopic (exact) mass is 440 g/mol. The van der Waals surface area contributed by atoms with E-state index in [2.05, 4.69) is 49.4 Å². The fraction of sp³-hybridized carbons (Fsp3) is 0.500. The summed E-state index contributed by atoms with van der Waals surface area (Å²) < 4.78 is 0.953. The van der Waals surface area contributed by atoms with Crippen LogP contribution in [0.25, 0.3) is 11.0 Å². The molecule has 0 radical (unpaired) electrons. The first-order chi connectivity index (χ1) is 11.5. The Morgan fingerprint density at radius 3 is 2.88 bits per heavy atom. The highest BCUT2D eigenvalue weighted by Crippen LogP contribution is 2.25. The Morgan fingerprint density at radius 1 is 1.46 bits per heavy atom. The summed E-state index contributed by atoms with van der Waals surface area (Å²) >= 11 is 2.36. The van der Waals surface area contributed by atoms with Gasteiger partial charge in [0.1, 0.15) is 24.2 Å². The van der Waals surface area contributed by atoms with Gasteiger partial charge in [0.05, 0.1) is 17.5 Å². The number of H-pyrrole nitrogens is 1. The van der Waals surface area contributed by atoms with Crippen molar-refractivity contribution in [2.24, 2.45) is 5.92 Å². The Labute approximate surface area is 155 Å². The van der Waals surface area contributed by atoms with E-state index in [1.807, 2.05) is 25.4 Å². The Hall–Kier alpha value is -1.89. The Morgan fingerprint density at radius 2 is 2.21 bits per heavy atom. The molecule has 0 bridgehead atoms. The molecule has 0 aliphatic heterocycles. The van der Waals surface area contributed by atoms with Crippen molar-refractivity contribution in [3.8, 4) is 6.07 Å².